The molecule has 1 aromatic heterocycles. The lowest BCUT2D eigenvalue weighted by atomic mass is 10.2. The summed E-state index contributed by atoms with van der Waals surface area (Å²) in [6.45, 7) is 0. The maximum Gasteiger partial charge on any atom is 0.270 e. The van der Waals surface area contributed by atoms with E-state index in [2.05, 4.69) is 15.5 Å². The molecule has 0 saturated carbocycles. The Kier molecular flexibility index (Phi) is 4.04. The van der Waals surface area contributed by atoms with E-state index in [9.17, 15) is 10.1 Å². The largest absolute Gasteiger partial charge is 0.270 e. The number of non-ortho nitro benzene ring substituents is 1. The van der Waals surface area contributed by atoms with Gasteiger partial charge in [-0.3, -0.25) is 15.5 Å². The molecule has 0 amide bonds. The van der Waals surface area contributed by atoms with Gasteiger partial charge in [0.25, 0.3) is 5.69 Å². The van der Waals surface area contributed by atoms with Crippen LogP contribution in [0.3, 0.4) is 0 Å². The van der Waals surface area contributed by atoms with E-state index < -0.39 is 4.92 Å². The summed E-state index contributed by atoms with van der Waals surface area (Å²) in [5.74, 6) is 0.570. The third-order valence-corrected chi connectivity index (χ3v) is 2.58. The van der Waals surface area contributed by atoms with E-state index in [-0.39, 0.29) is 5.69 Å². The molecule has 0 aliphatic rings. The van der Waals surface area contributed by atoms with Gasteiger partial charge in [0.15, 0.2) is 0 Å². The van der Waals surface area contributed by atoms with Gasteiger partial charge in [-0.1, -0.05) is 17.7 Å². The molecule has 0 aliphatic carbocycles. The van der Waals surface area contributed by atoms with E-state index in [1.165, 1.54) is 24.4 Å². The molecule has 0 spiro atoms. The van der Waals surface area contributed by atoms with E-state index >= 15 is 0 Å². The summed E-state index contributed by atoms with van der Waals surface area (Å²) in [6, 6.07) is 9.49. The first-order valence-corrected chi connectivity index (χ1v) is 5.68. The molecule has 19 heavy (non-hydrogen) atoms. The highest BCUT2D eigenvalue weighted by Crippen LogP contribution is 2.20. The summed E-state index contributed by atoms with van der Waals surface area (Å²) in [4.78, 5) is 14.2. The second-order valence-corrected chi connectivity index (χ2v) is 3.96. The molecule has 0 fully saturated rings. The van der Waals surface area contributed by atoms with Crippen molar-refractivity contribution in [1.29, 1.82) is 0 Å². The minimum absolute atomic E-state index is 0.0383. The number of nitrogens with zero attached hydrogens (tertiary/aromatic N) is 3. The molecule has 7 heteroatoms. The van der Waals surface area contributed by atoms with Crippen LogP contribution in [0.5, 0.6) is 0 Å². The molecule has 2 aromatic rings. The summed E-state index contributed by atoms with van der Waals surface area (Å²) in [5.41, 5.74) is 3.12. The molecule has 0 atom stereocenters. The van der Waals surface area contributed by atoms with Crippen LogP contribution in [-0.2, 0) is 0 Å². The highest BCUT2D eigenvalue weighted by molar-refractivity contribution is 6.33. The number of halogens is 1. The normalized spacial score (nSPS) is 10.6. The number of nitrogens with one attached hydrogen (secondary N) is 1. The molecule has 2 rings (SSSR count). The van der Waals surface area contributed by atoms with Crippen LogP contribution in [0.25, 0.3) is 0 Å². The van der Waals surface area contributed by atoms with Crippen LogP contribution in [0.15, 0.2) is 47.7 Å². The molecule has 1 heterocycles. The number of anilines is 1. The molecule has 0 bridgehead atoms. The number of nitro benzene ring substituents is 1. The molecule has 0 aliphatic heterocycles. The van der Waals surface area contributed by atoms with E-state index in [0.717, 1.165) is 0 Å². The molecule has 6 nitrogen and oxygen atoms in total. The zero-order valence-electron chi connectivity index (χ0n) is 9.65. The summed E-state index contributed by atoms with van der Waals surface area (Å²) in [7, 11) is 0. The summed E-state index contributed by atoms with van der Waals surface area (Å²) in [5, 5.41) is 15.0. The Morgan fingerprint density at radius 1 is 1.37 bits per heavy atom. The zero-order chi connectivity index (χ0) is 13.7. The van der Waals surface area contributed by atoms with Gasteiger partial charge in [-0.2, -0.15) is 5.10 Å². The second kappa shape index (κ2) is 5.92. The molecule has 1 N–H and O–H groups in total. The van der Waals surface area contributed by atoms with Crippen molar-refractivity contribution in [3.63, 3.8) is 0 Å². The quantitative estimate of drug-likeness (QED) is 0.528. The van der Waals surface area contributed by atoms with Crippen molar-refractivity contribution < 1.29 is 4.92 Å². The number of pyridine rings is 1. The van der Waals surface area contributed by atoms with Gasteiger partial charge < -0.3 is 0 Å². The lowest BCUT2D eigenvalue weighted by molar-refractivity contribution is -0.384. The number of nitro groups is 1. The molecule has 0 saturated heterocycles. The first kappa shape index (κ1) is 13.0. The Morgan fingerprint density at radius 2 is 2.21 bits per heavy atom. The molecular weight excluding hydrogens is 268 g/mol. The van der Waals surface area contributed by atoms with E-state index in [0.29, 0.717) is 16.4 Å². The van der Waals surface area contributed by atoms with Crippen LogP contribution >= 0.6 is 11.6 Å². The maximum atomic E-state index is 10.7. The highest BCUT2D eigenvalue weighted by atomic mass is 35.5. The van der Waals surface area contributed by atoms with Gasteiger partial charge in [-0.25, -0.2) is 4.98 Å². The predicted molar refractivity (Wildman–Crippen MR) is 73.6 cm³/mol. The Balaban J connectivity index is 2.14. The van der Waals surface area contributed by atoms with E-state index in [4.69, 9.17) is 11.6 Å². The van der Waals surface area contributed by atoms with Crippen molar-refractivity contribution in [2.45, 2.75) is 0 Å². The molecule has 1 aromatic carbocycles. The van der Waals surface area contributed by atoms with Crippen LogP contribution in [0.4, 0.5) is 11.5 Å². The van der Waals surface area contributed by atoms with Crippen molar-refractivity contribution >= 4 is 29.3 Å². The Hall–Kier alpha value is -2.47. The van der Waals surface area contributed by atoms with Crippen molar-refractivity contribution in [3.8, 4) is 0 Å². The molecule has 0 unspecified atom stereocenters. The monoisotopic (exact) mass is 276 g/mol. The van der Waals surface area contributed by atoms with Crippen LogP contribution in [0.2, 0.25) is 5.02 Å². The standard InChI is InChI=1S/C12H9ClN4O2/c13-11-5-4-10(17(18)19)7-9(11)8-15-16-12-3-1-2-6-14-12/h1-8H,(H,14,16)/b15-8-. The zero-order valence-corrected chi connectivity index (χ0v) is 10.4. The molecule has 0 radical (unpaired) electrons. The third kappa shape index (κ3) is 3.49. The first-order valence-electron chi connectivity index (χ1n) is 5.31. The van der Waals surface area contributed by atoms with Crippen LogP contribution < -0.4 is 5.43 Å². The maximum absolute atomic E-state index is 10.7. The fourth-order valence-electron chi connectivity index (χ4n) is 1.34. The average molecular weight is 277 g/mol. The predicted octanol–water partition coefficient (Wildman–Crippen LogP) is 3.09. The minimum atomic E-state index is -0.486. The first-order chi connectivity index (χ1) is 9.16. The van der Waals surface area contributed by atoms with E-state index in [1.807, 2.05) is 6.07 Å². The van der Waals surface area contributed by atoms with Crippen molar-refractivity contribution in [1.82, 2.24) is 4.98 Å². The second-order valence-electron chi connectivity index (χ2n) is 3.55. The Labute approximate surface area is 113 Å². The number of aromatic nitrogens is 1. The molecule has 96 valence electrons. The number of rotatable bonds is 4. The SMILES string of the molecule is O=[N+]([O-])c1ccc(Cl)c(/C=N\Nc2ccccn2)c1. The van der Waals surface area contributed by atoms with Gasteiger partial charge in [-0.05, 0) is 18.2 Å². The van der Waals surface area contributed by atoms with Gasteiger partial charge in [-0.15, -0.1) is 0 Å². The smallest absolute Gasteiger partial charge is 0.261 e. The Bertz CT molecular complexity index is 616. The number of hydrazone groups is 1. The Morgan fingerprint density at radius 3 is 2.89 bits per heavy atom. The number of hydrogen-bond donors (Lipinski definition) is 1. The minimum Gasteiger partial charge on any atom is -0.261 e. The van der Waals surface area contributed by atoms with Crippen LogP contribution in [-0.4, -0.2) is 16.1 Å². The molecular formula is C12H9ClN4O2. The van der Waals surface area contributed by atoms with Gasteiger partial charge in [0.1, 0.15) is 5.82 Å². The highest BCUT2D eigenvalue weighted by Gasteiger charge is 2.07. The lowest BCUT2D eigenvalue weighted by Crippen LogP contribution is -1.94. The fourth-order valence-corrected chi connectivity index (χ4v) is 1.51. The summed E-state index contributed by atoms with van der Waals surface area (Å²) >= 11 is 5.93. The van der Waals surface area contributed by atoms with Gasteiger partial charge >= 0.3 is 0 Å². The topological polar surface area (TPSA) is 80.4 Å². The third-order valence-electron chi connectivity index (χ3n) is 2.24. The van der Waals surface area contributed by atoms with Crippen LogP contribution in [0.1, 0.15) is 5.56 Å². The number of benzene rings is 1. The fraction of sp³-hybridized carbons (Fsp3) is 0. The lowest BCUT2D eigenvalue weighted by Gasteiger charge is -1.99. The van der Waals surface area contributed by atoms with E-state index in [1.54, 1.807) is 18.3 Å². The summed E-state index contributed by atoms with van der Waals surface area (Å²) in [6.07, 6.45) is 3.03. The van der Waals surface area contributed by atoms with Gasteiger partial charge in [0, 0.05) is 28.9 Å². The van der Waals surface area contributed by atoms with Crippen molar-refractivity contribution in [2.75, 3.05) is 5.43 Å². The average Bonchev–Trinajstić information content (AvgIpc) is 2.42. The van der Waals surface area contributed by atoms with Gasteiger partial charge in [0.2, 0.25) is 0 Å². The number of hydrogen-bond acceptors (Lipinski definition) is 5. The van der Waals surface area contributed by atoms with Crippen LogP contribution in [0, 0.1) is 10.1 Å². The van der Waals surface area contributed by atoms with Gasteiger partial charge in [0.05, 0.1) is 11.1 Å². The van der Waals surface area contributed by atoms with Crippen molar-refractivity contribution in [3.05, 3.63) is 63.3 Å². The summed E-state index contributed by atoms with van der Waals surface area (Å²) < 4.78 is 0. The van der Waals surface area contributed by atoms with Crippen molar-refractivity contribution in [2.24, 2.45) is 5.10 Å².